The van der Waals surface area contributed by atoms with Crippen molar-refractivity contribution in [3.05, 3.63) is 10.1 Å². The summed E-state index contributed by atoms with van der Waals surface area (Å²) in [5, 5.41) is 10.4. The van der Waals surface area contributed by atoms with Crippen LogP contribution >= 0.6 is 22.6 Å². The summed E-state index contributed by atoms with van der Waals surface area (Å²) in [5.41, 5.74) is 0. The van der Waals surface area contributed by atoms with Crippen LogP contribution in [0.5, 0.6) is 0 Å². The SMILES string of the molecule is CC1CCC([N+](=O)[O-])CC1I. The van der Waals surface area contributed by atoms with Crippen LogP contribution in [0.1, 0.15) is 26.2 Å². The molecule has 0 radical (unpaired) electrons. The predicted octanol–water partition coefficient (Wildman–Crippen LogP) is 2.26. The molecule has 0 heterocycles. The van der Waals surface area contributed by atoms with Crippen LogP contribution in [0, 0.1) is 16.0 Å². The van der Waals surface area contributed by atoms with Crippen LogP contribution in [0.4, 0.5) is 0 Å². The number of nitro groups is 1. The third-order valence-corrected chi connectivity index (χ3v) is 4.10. The van der Waals surface area contributed by atoms with Gasteiger partial charge in [-0.15, -0.1) is 0 Å². The fourth-order valence-electron chi connectivity index (χ4n) is 1.44. The molecule has 64 valence electrons. The van der Waals surface area contributed by atoms with Gasteiger partial charge in [-0.2, -0.15) is 0 Å². The molecule has 3 unspecified atom stereocenters. The highest BCUT2D eigenvalue weighted by Gasteiger charge is 2.32. The molecule has 4 heteroatoms. The standard InChI is InChI=1S/C7H12INO2/c1-5-2-3-6(9(10)11)4-7(5)8/h5-7H,2-4H2,1H3. The summed E-state index contributed by atoms with van der Waals surface area (Å²) in [6.45, 7) is 2.17. The molecule has 0 aromatic rings. The molecule has 1 saturated carbocycles. The largest absolute Gasteiger partial charge is 0.264 e. The fraction of sp³-hybridized carbons (Fsp3) is 1.00. The molecule has 11 heavy (non-hydrogen) atoms. The van der Waals surface area contributed by atoms with Crippen molar-refractivity contribution in [2.45, 2.75) is 36.2 Å². The number of hydrogen-bond donors (Lipinski definition) is 0. The Hall–Kier alpha value is 0.130. The van der Waals surface area contributed by atoms with Crippen molar-refractivity contribution in [1.29, 1.82) is 0 Å². The zero-order valence-electron chi connectivity index (χ0n) is 6.50. The lowest BCUT2D eigenvalue weighted by Crippen LogP contribution is -2.31. The first-order chi connectivity index (χ1) is 5.11. The third kappa shape index (κ3) is 2.28. The van der Waals surface area contributed by atoms with Crippen molar-refractivity contribution >= 4 is 22.6 Å². The maximum Gasteiger partial charge on any atom is 0.214 e. The Bertz CT molecular complexity index is 163. The second-order valence-electron chi connectivity index (χ2n) is 3.25. The first-order valence-corrected chi connectivity index (χ1v) is 5.13. The monoisotopic (exact) mass is 269 g/mol. The summed E-state index contributed by atoms with van der Waals surface area (Å²) in [6, 6.07) is -0.270. The molecule has 1 aliphatic rings. The van der Waals surface area contributed by atoms with Crippen LogP contribution in [-0.4, -0.2) is 14.9 Å². The van der Waals surface area contributed by atoms with Crippen molar-refractivity contribution in [3.63, 3.8) is 0 Å². The summed E-state index contributed by atoms with van der Waals surface area (Å²) < 4.78 is 0.497. The van der Waals surface area contributed by atoms with Gasteiger partial charge in [-0.1, -0.05) is 29.5 Å². The van der Waals surface area contributed by atoms with E-state index in [1.165, 1.54) is 0 Å². The summed E-state index contributed by atoms with van der Waals surface area (Å²) in [6.07, 6.45) is 2.54. The second-order valence-corrected chi connectivity index (χ2v) is 4.85. The van der Waals surface area contributed by atoms with Gasteiger partial charge < -0.3 is 0 Å². The van der Waals surface area contributed by atoms with Crippen molar-refractivity contribution in [3.8, 4) is 0 Å². The lowest BCUT2D eigenvalue weighted by Gasteiger charge is -2.25. The molecule has 0 aliphatic heterocycles. The molecule has 3 nitrogen and oxygen atoms in total. The molecule has 0 spiro atoms. The lowest BCUT2D eigenvalue weighted by molar-refractivity contribution is -0.526. The molecule has 0 aromatic carbocycles. The summed E-state index contributed by atoms with van der Waals surface area (Å²) in [4.78, 5) is 10.3. The Morgan fingerprint density at radius 3 is 2.64 bits per heavy atom. The van der Waals surface area contributed by atoms with E-state index >= 15 is 0 Å². The Balaban J connectivity index is 2.46. The first-order valence-electron chi connectivity index (χ1n) is 3.89. The minimum Gasteiger partial charge on any atom is -0.264 e. The van der Waals surface area contributed by atoms with E-state index in [4.69, 9.17) is 0 Å². The van der Waals surface area contributed by atoms with E-state index in [0.717, 1.165) is 19.3 Å². The van der Waals surface area contributed by atoms with E-state index in [1.54, 1.807) is 0 Å². The highest BCUT2D eigenvalue weighted by atomic mass is 127. The van der Waals surface area contributed by atoms with Gasteiger partial charge in [0.15, 0.2) is 0 Å². The molecule has 0 bridgehead atoms. The fourth-order valence-corrected chi connectivity index (χ4v) is 2.38. The molecule has 0 saturated heterocycles. The van der Waals surface area contributed by atoms with Gasteiger partial charge in [0.05, 0.1) is 0 Å². The average Bonchev–Trinajstić information content (AvgIpc) is 1.94. The van der Waals surface area contributed by atoms with Crippen LogP contribution in [0.2, 0.25) is 0 Å². The van der Waals surface area contributed by atoms with E-state index < -0.39 is 0 Å². The van der Waals surface area contributed by atoms with Crippen LogP contribution in [0.15, 0.2) is 0 Å². The minimum absolute atomic E-state index is 0.127. The zero-order chi connectivity index (χ0) is 8.43. The number of alkyl halides is 1. The predicted molar refractivity (Wildman–Crippen MR) is 51.6 cm³/mol. The summed E-state index contributed by atoms with van der Waals surface area (Å²) in [5.74, 6) is 0.659. The summed E-state index contributed by atoms with van der Waals surface area (Å²) in [7, 11) is 0. The van der Waals surface area contributed by atoms with Gasteiger partial charge in [0.1, 0.15) is 0 Å². The van der Waals surface area contributed by atoms with Crippen molar-refractivity contribution in [2.75, 3.05) is 0 Å². The Morgan fingerprint density at radius 2 is 2.18 bits per heavy atom. The molecule has 1 fully saturated rings. The second kappa shape index (κ2) is 3.69. The number of hydrogen-bond acceptors (Lipinski definition) is 2. The van der Waals surface area contributed by atoms with Crippen LogP contribution < -0.4 is 0 Å². The van der Waals surface area contributed by atoms with Crippen LogP contribution in [-0.2, 0) is 0 Å². The maximum absolute atomic E-state index is 10.4. The van der Waals surface area contributed by atoms with E-state index in [1.807, 2.05) is 0 Å². The van der Waals surface area contributed by atoms with Crippen LogP contribution in [0.3, 0.4) is 0 Å². The highest BCUT2D eigenvalue weighted by Crippen LogP contribution is 2.31. The van der Waals surface area contributed by atoms with Gasteiger partial charge in [-0.05, 0) is 12.3 Å². The maximum atomic E-state index is 10.4. The molecule has 1 aliphatic carbocycles. The van der Waals surface area contributed by atoms with E-state index in [0.29, 0.717) is 9.84 Å². The number of halogens is 1. The summed E-state index contributed by atoms with van der Waals surface area (Å²) >= 11 is 2.33. The Labute approximate surface area is 79.8 Å². The van der Waals surface area contributed by atoms with Gasteiger partial charge >= 0.3 is 0 Å². The van der Waals surface area contributed by atoms with E-state index in [9.17, 15) is 10.1 Å². The topological polar surface area (TPSA) is 43.1 Å². The van der Waals surface area contributed by atoms with Gasteiger partial charge in [-0.3, -0.25) is 10.1 Å². The quantitative estimate of drug-likeness (QED) is 0.317. The smallest absolute Gasteiger partial charge is 0.214 e. The molecule has 0 aromatic heterocycles. The third-order valence-electron chi connectivity index (χ3n) is 2.37. The average molecular weight is 269 g/mol. The van der Waals surface area contributed by atoms with Gasteiger partial charge in [0, 0.05) is 21.7 Å². The molecule has 3 atom stereocenters. The Morgan fingerprint density at radius 1 is 1.55 bits per heavy atom. The molecular weight excluding hydrogens is 257 g/mol. The minimum atomic E-state index is -0.270. The molecule has 1 rings (SSSR count). The van der Waals surface area contributed by atoms with Gasteiger partial charge in [0.25, 0.3) is 0 Å². The van der Waals surface area contributed by atoms with Crippen molar-refractivity contribution in [1.82, 2.24) is 0 Å². The number of rotatable bonds is 1. The highest BCUT2D eigenvalue weighted by molar-refractivity contribution is 14.1. The van der Waals surface area contributed by atoms with Crippen molar-refractivity contribution < 1.29 is 4.92 Å². The lowest BCUT2D eigenvalue weighted by atomic mass is 9.88. The van der Waals surface area contributed by atoms with E-state index in [2.05, 4.69) is 29.5 Å². The van der Waals surface area contributed by atoms with Crippen molar-refractivity contribution in [2.24, 2.45) is 5.92 Å². The van der Waals surface area contributed by atoms with E-state index in [-0.39, 0.29) is 11.0 Å². The number of nitrogens with zero attached hydrogens (tertiary/aromatic N) is 1. The van der Waals surface area contributed by atoms with Gasteiger partial charge in [0.2, 0.25) is 6.04 Å². The van der Waals surface area contributed by atoms with Gasteiger partial charge in [-0.25, -0.2) is 0 Å². The zero-order valence-corrected chi connectivity index (χ0v) is 8.65. The van der Waals surface area contributed by atoms with Crippen LogP contribution in [0.25, 0.3) is 0 Å². The normalized spacial score (nSPS) is 38.5. The molecule has 0 amide bonds. The molecular formula is C7H12INO2. The first kappa shape index (κ1) is 9.22. The Kier molecular flexibility index (Phi) is 3.09. The molecule has 0 N–H and O–H groups in total.